The summed E-state index contributed by atoms with van der Waals surface area (Å²) in [6, 6.07) is 7.42. The van der Waals surface area contributed by atoms with Crippen molar-refractivity contribution in [1.82, 2.24) is 20.2 Å². The van der Waals surface area contributed by atoms with Crippen LogP contribution in [0.3, 0.4) is 0 Å². The maximum absolute atomic E-state index is 12.5. The highest BCUT2D eigenvalue weighted by Gasteiger charge is 2.30. The van der Waals surface area contributed by atoms with Crippen molar-refractivity contribution in [3.63, 3.8) is 0 Å². The second-order valence-corrected chi connectivity index (χ2v) is 12.1. The largest absolute Gasteiger partial charge is 0.444 e. The summed E-state index contributed by atoms with van der Waals surface area (Å²) >= 11 is 0. The van der Waals surface area contributed by atoms with Gasteiger partial charge < -0.3 is 30.5 Å². The summed E-state index contributed by atoms with van der Waals surface area (Å²) < 4.78 is 5.53. The summed E-state index contributed by atoms with van der Waals surface area (Å²) in [4.78, 5) is 38.1. The maximum atomic E-state index is 12.5. The van der Waals surface area contributed by atoms with Crippen LogP contribution < -0.4 is 20.9 Å². The molecule has 1 saturated heterocycles. The number of aryl methyl sites for hydroxylation is 1. The molecule has 1 aromatic heterocycles. The Morgan fingerprint density at radius 1 is 1.13 bits per heavy atom. The Bertz CT molecular complexity index is 1150. The Balaban J connectivity index is 1.86. The van der Waals surface area contributed by atoms with E-state index in [1.165, 1.54) is 0 Å². The van der Waals surface area contributed by atoms with Crippen LogP contribution in [0.25, 0.3) is 0 Å². The predicted octanol–water partition coefficient (Wildman–Crippen LogP) is 4.79. The lowest BCUT2D eigenvalue weighted by atomic mass is 9.96. The first-order chi connectivity index (χ1) is 17.6. The highest BCUT2D eigenvalue weighted by Crippen LogP contribution is 2.27. The summed E-state index contributed by atoms with van der Waals surface area (Å²) in [5, 5.41) is 9.47. The molecule has 1 aliphatic heterocycles. The van der Waals surface area contributed by atoms with Gasteiger partial charge in [-0.05, 0) is 57.2 Å². The Labute approximate surface area is 226 Å². The number of aromatic nitrogens is 2. The van der Waals surface area contributed by atoms with E-state index in [4.69, 9.17) is 14.7 Å². The molecule has 208 valence electrons. The lowest BCUT2D eigenvalue weighted by Gasteiger charge is -2.28. The molecule has 1 fully saturated rings. The fourth-order valence-electron chi connectivity index (χ4n) is 4.28. The van der Waals surface area contributed by atoms with Crippen molar-refractivity contribution in [2.24, 2.45) is 5.41 Å². The van der Waals surface area contributed by atoms with E-state index in [0.717, 1.165) is 30.0 Å². The molecule has 10 heteroatoms. The van der Waals surface area contributed by atoms with Gasteiger partial charge in [0.15, 0.2) is 0 Å². The number of anilines is 4. The topological polar surface area (TPSA) is 112 Å². The molecule has 2 aromatic rings. The van der Waals surface area contributed by atoms with Crippen LogP contribution in [0.1, 0.15) is 63.9 Å². The number of nitrogens with zero attached hydrogens (tertiary/aromatic N) is 4. The van der Waals surface area contributed by atoms with Crippen molar-refractivity contribution in [2.75, 3.05) is 49.3 Å². The van der Waals surface area contributed by atoms with E-state index in [1.54, 1.807) is 18.0 Å². The van der Waals surface area contributed by atoms with E-state index >= 15 is 0 Å². The highest BCUT2D eigenvalue weighted by molar-refractivity contribution is 5.95. The van der Waals surface area contributed by atoms with Crippen molar-refractivity contribution in [1.29, 1.82) is 0 Å². The number of amides is 2. The average Bonchev–Trinajstić information content (AvgIpc) is 3.26. The third-order valence-electron chi connectivity index (χ3n) is 5.98. The lowest BCUT2D eigenvalue weighted by Crippen LogP contribution is -2.36. The smallest absolute Gasteiger partial charge is 0.410 e. The molecule has 0 radical (unpaired) electrons. The molecule has 1 aromatic carbocycles. The molecule has 1 unspecified atom stereocenters. The number of carbonyl (C=O) groups is 2. The Morgan fingerprint density at radius 3 is 2.47 bits per heavy atom. The molecule has 38 heavy (non-hydrogen) atoms. The van der Waals surface area contributed by atoms with Gasteiger partial charge in [-0.2, -0.15) is 9.97 Å². The summed E-state index contributed by atoms with van der Waals surface area (Å²) in [5.41, 5.74) is 1.87. The first-order valence-electron chi connectivity index (χ1n) is 13.1. The van der Waals surface area contributed by atoms with Gasteiger partial charge in [0.2, 0.25) is 5.95 Å². The maximum Gasteiger partial charge on any atom is 0.410 e. The number of nitrogens with one attached hydrogen (secondary N) is 3. The zero-order chi connectivity index (χ0) is 28.3. The fraction of sp³-hybridized carbons (Fsp3) is 0.571. The number of hydrogen-bond donors (Lipinski definition) is 3. The van der Waals surface area contributed by atoms with Crippen molar-refractivity contribution in [2.45, 2.75) is 66.5 Å². The third kappa shape index (κ3) is 8.22. The third-order valence-corrected chi connectivity index (χ3v) is 5.98. The molecule has 0 aliphatic carbocycles. The zero-order valence-electron chi connectivity index (χ0n) is 24.2. The number of carbonyl (C=O) groups excluding carboxylic acids is 2. The molecular formula is C28H43N7O3. The predicted molar refractivity (Wildman–Crippen MR) is 152 cm³/mol. The number of likely N-dealkylation sites (tertiary alicyclic amines) is 1. The van der Waals surface area contributed by atoms with Crippen LogP contribution in [0.4, 0.5) is 28.1 Å². The number of benzene rings is 1. The van der Waals surface area contributed by atoms with E-state index in [-0.39, 0.29) is 23.5 Å². The molecule has 1 aliphatic rings. The van der Waals surface area contributed by atoms with E-state index in [2.05, 4.69) is 41.6 Å². The number of ether oxygens (including phenoxy) is 1. The van der Waals surface area contributed by atoms with Crippen LogP contribution in [0, 0.1) is 12.3 Å². The molecule has 0 bridgehead atoms. The quantitative estimate of drug-likeness (QED) is 0.473. The molecule has 2 amide bonds. The van der Waals surface area contributed by atoms with Crippen LogP contribution in [-0.2, 0) is 4.74 Å². The van der Waals surface area contributed by atoms with Gasteiger partial charge in [-0.25, -0.2) is 4.79 Å². The number of hydrogen-bond acceptors (Lipinski definition) is 8. The van der Waals surface area contributed by atoms with Gasteiger partial charge in [-0.1, -0.05) is 26.8 Å². The molecule has 0 spiro atoms. The molecule has 3 N–H and O–H groups in total. The molecule has 1 atom stereocenters. The van der Waals surface area contributed by atoms with Crippen molar-refractivity contribution in [3.05, 3.63) is 35.4 Å². The van der Waals surface area contributed by atoms with Gasteiger partial charge in [0, 0.05) is 57.1 Å². The van der Waals surface area contributed by atoms with Gasteiger partial charge in [0.1, 0.15) is 17.2 Å². The van der Waals surface area contributed by atoms with Gasteiger partial charge in [-0.15, -0.1) is 0 Å². The summed E-state index contributed by atoms with van der Waals surface area (Å²) in [7, 11) is 3.63. The van der Waals surface area contributed by atoms with Crippen LogP contribution >= 0.6 is 0 Å². The van der Waals surface area contributed by atoms with Gasteiger partial charge >= 0.3 is 6.09 Å². The van der Waals surface area contributed by atoms with Gasteiger partial charge in [0.25, 0.3) is 5.91 Å². The molecule has 10 nitrogen and oxygen atoms in total. The lowest BCUT2D eigenvalue weighted by molar-refractivity contribution is 0.0293. The van der Waals surface area contributed by atoms with Crippen LogP contribution in [0.15, 0.2) is 24.3 Å². The standard InChI is InChI=1S/C28H43N7O3/c1-18-10-11-19(24(36)29-8)14-21(18)31-22-15-23(34(9)17-27(2,3)4)33-25(32-22)30-20-12-13-35(16-20)26(37)38-28(5,6)7/h10-11,14-15,20H,12-13,16-17H2,1-9H3,(H,29,36)(H2,30,31,32,33). The summed E-state index contributed by atoms with van der Waals surface area (Å²) in [5.74, 6) is 1.70. The molecule has 0 saturated carbocycles. The Morgan fingerprint density at radius 2 is 1.84 bits per heavy atom. The SMILES string of the molecule is CNC(=O)c1ccc(C)c(Nc2cc(N(C)CC(C)(C)C)nc(NC3CCN(C(=O)OC(C)(C)C)C3)n2)c1. The van der Waals surface area contributed by atoms with Gasteiger partial charge in [0.05, 0.1) is 0 Å². The summed E-state index contributed by atoms with van der Waals surface area (Å²) in [6.07, 6.45) is 0.455. The first-order valence-corrected chi connectivity index (χ1v) is 13.1. The highest BCUT2D eigenvalue weighted by atomic mass is 16.6. The minimum atomic E-state index is -0.536. The van der Waals surface area contributed by atoms with Crippen molar-refractivity contribution < 1.29 is 14.3 Å². The Kier molecular flexibility index (Phi) is 8.74. The normalized spacial score (nSPS) is 15.7. The monoisotopic (exact) mass is 525 g/mol. The zero-order valence-corrected chi connectivity index (χ0v) is 24.2. The number of rotatable bonds is 7. The van der Waals surface area contributed by atoms with Gasteiger partial charge in [-0.3, -0.25) is 4.79 Å². The first kappa shape index (κ1) is 29.0. The van der Waals surface area contributed by atoms with Crippen LogP contribution in [0.2, 0.25) is 0 Å². The van der Waals surface area contributed by atoms with E-state index in [0.29, 0.717) is 30.4 Å². The second kappa shape index (κ2) is 11.4. The minimum absolute atomic E-state index is 0.00291. The van der Waals surface area contributed by atoms with Crippen LogP contribution in [-0.4, -0.2) is 72.2 Å². The van der Waals surface area contributed by atoms with E-state index in [1.807, 2.05) is 52.9 Å². The fourth-order valence-corrected chi connectivity index (χ4v) is 4.28. The average molecular weight is 526 g/mol. The minimum Gasteiger partial charge on any atom is -0.444 e. The van der Waals surface area contributed by atoms with Crippen molar-refractivity contribution >= 4 is 35.3 Å². The molecular weight excluding hydrogens is 482 g/mol. The van der Waals surface area contributed by atoms with E-state index in [9.17, 15) is 9.59 Å². The second-order valence-electron chi connectivity index (χ2n) is 12.1. The summed E-state index contributed by atoms with van der Waals surface area (Å²) in [6.45, 7) is 16.0. The van der Waals surface area contributed by atoms with Crippen molar-refractivity contribution in [3.8, 4) is 0 Å². The molecule has 2 heterocycles. The van der Waals surface area contributed by atoms with Crippen LogP contribution in [0.5, 0.6) is 0 Å². The molecule has 3 rings (SSSR count). The van der Waals surface area contributed by atoms with E-state index < -0.39 is 5.60 Å². The Hall–Kier alpha value is -3.56.